The molecule has 0 saturated carbocycles. The van der Waals surface area contributed by atoms with Gasteiger partial charge in [0, 0.05) is 10.0 Å². The van der Waals surface area contributed by atoms with Crippen LogP contribution < -0.4 is 0 Å². The van der Waals surface area contributed by atoms with Crippen molar-refractivity contribution in [1.82, 2.24) is 19.8 Å². The van der Waals surface area contributed by atoms with E-state index in [0.717, 1.165) is 27.1 Å². The summed E-state index contributed by atoms with van der Waals surface area (Å²) in [5.41, 5.74) is 2.82. The van der Waals surface area contributed by atoms with Gasteiger partial charge in [-0.05, 0) is 30.7 Å². The van der Waals surface area contributed by atoms with Crippen LogP contribution in [0.2, 0.25) is 0 Å². The normalized spacial score (nSPS) is 10.9. The predicted molar refractivity (Wildman–Crippen MR) is 68.7 cm³/mol. The number of fused-ring (bicyclic) bond motifs is 1. The summed E-state index contributed by atoms with van der Waals surface area (Å²) < 4.78 is 2.73. The van der Waals surface area contributed by atoms with Gasteiger partial charge in [-0.15, -0.1) is 10.2 Å². The first kappa shape index (κ1) is 10.4. The maximum absolute atomic E-state index is 4.33. The molecule has 3 rings (SSSR count). The number of hydrogen-bond acceptors (Lipinski definition) is 3. The molecule has 3 aromatic rings. The van der Waals surface area contributed by atoms with Crippen LogP contribution in [0.4, 0.5) is 0 Å². The smallest absolute Gasteiger partial charge is 0.186 e. The molecule has 0 aliphatic carbocycles. The molecular weight excluding hydrogens is 280 g/mol. The highest BCUT2D eigenvalue weighted by atomic mass is 79.9. The summed E-state index contributed by atoms with van der Waals surface area (Å²) in [6, 6.07) is 9.86. The minimum atomic E-state index is 0.743. The van der Waals surface area contributed by atoms with E-state index in [-0.39, 0.29) is 0 Å². The van der Waals surface area contributed by atoms with Crippen LogP contribution in [-0.4, -0.2) is 19.8 Å². The van der Waals surface area contributed by atoms with E-state index in [1.54, 1.807) is 10.7 Å². The lowest BCUT2D eigenvalue weighted by molar-refractivity contribution is 0.926. The van der Waals surface area contributed by atoms with Gasteiger partial charge in [-0.2, -0.15) is 9.61 Å². The Bertz CT molecular complexity index is 690. The van der Waals surface area contributed by atoms with Crippen molar-refractivity contribution < 1.29 is 0 Å². The molecule has 0 N–H and O–H groups in total. The van der Waals surface area contributed by atoms with Crippen molar-refractivity contribution in [1.29, 1.82) is 0 Å². The molecule has 2 aromatic heterocycles. The number of nitrogens with zero attached hydrogens (tertiary/aromatic N) is 4. The summed E-state index contributed by atoms with van der Waals surface area (Å²) in [6.45, 7) is 1.99. The first-order valence-electron chi connectivity index (χ1n) is 5.18. The monoisotopic (exact) mass is 288 g/mol. The van der Waals surface area contributed by atoms with Gasteiger partial charge >= 0.3 is 0 Å². The number of aryl methyl sites for hydroxylation is 1. The van der Waals surface area contributed by atoms with Crippen molar-refractivity contribution in [3.63, 3.8) is 0 Å². The second-order valence-electron chi connectivity index (χ2n) is 3.81. The molecule has 0 spiro atoms. The number of rotatable bonds is 1. The van der Waals surface area contributed by atoms with E-state index in [1.807, 2.05) is 37.3 Å². The highest BCUT2D eigenvalue weighted by molar-refractivity contribution is 9.10. The van der Waals surface area contributed by atoms with Crippen LogP contribution in [0, 0.1) is 6.92 Å². The summed E-state index contributed by atoms with van der Waals surface area (Å²) in [4.78, 5) is 0. The van der Waals surface area contributed by atoms with Crippen molar-refractivity contribution in [2.75, 3.05) is 0 Å². The van der Waals surface area contributed by atoms with Gasteiger partial charge in [0.2, 0.25) is 0 Å². The zero-order valence-corrected chi connectivity index (χ0v) is 10.7. The van der Waals surface area contributed by atoms with Gasteiger partial charge in [0.25, 0.3) is 0 Å². The molecule has 2 heterocycles. The quantitative estimate of drug-likeness (QED) is 0.692. The molecule has 0 radical (unpaired) electrons. The van der Waals surface area contributed by atoms with Crippen LogP contribution in [-0.2, 0) is 0 Å². The molecular formula is C12H9BrN4. The third kappa shape index (κ3) is 1.72. The van der Waals surface area contributed by atoms with E-state index in [9.17, 15) is 0 Å². The molecule has 5 heteroatoms. The fraction of sp³-hybridized carbons (Fsp3) is 0.0833. The minimum Gasteiger partial charge on any atom is -0.193 e. The third-order valence-electron chi connectivity index (χ3n) is 2.51. The van der Waals surface area contributed by atoms with Crippen LogP contribution in [0.3, 0.4) is 0 Å². The van der Waals surface area contributed by atoms with Gasteiger partial charge in [0.15, 0.2) is 11.5 Å². The maximum atomic E-state index is 4.33. The molecule has 0 atom stereocenters. The Balaban J connectivity index is 2.29. The van der Waals surface area contributed by atoms with E-state index < -0.39 is 0 Å². The molecule has 0 aliphatic heterocycles. The predicted octanol–water partition coefficient (Wildman–Crippen LogP) is 2.86. The SMILES string of the molecule is Cc1cnn2c(-c3ccccc3Br)nnc2c1. The van der Waals surface area contributed by atoms with Crippen molar-refractivity contribution >= 4 is 21.6 Å². The average molecular weight is 289 g/mol. The highest BCUT2D eigenvalue weighted by Crippen LogP contribution is 2.26. The summed E-state index contributed by atoms with van der Waals surface area (Å²) >= 11 is 3.51. The molecule has 0 aliphatic rings. The fourth-order valence-electron chi connectivity index (χ4n) is 1.70. The zero-order valence-electron chi connectivity index (χ0n) is 9.13. The molecule has 0 saturated heterocycles. The first-order chi connectivity index (χ1) is 8.25. The van der Waals surface area contributed by atoms with Gasteiger partial charge in [0.1, 0.15) is 0 Å². The zero-order chi connectivity index (χ0) is 11.8. The van der Waals surface area contributed by atoms with Crippen LogP contribution in [0.25, 0.3) is 17.0 Å². The van der Waals surface area contributed by atoms with Crippen molar-refractivity contribution in [2.45, 2.75) is 6.92 Å². The van der Waals surface area contributed by atoms with E-state index in [1.165, 1.54) is 0 Å². The molecule has 17 heavy (non-hydrogen) atoms. The Hall–Kier alpha value is -1.75. The van der Waals surface area contributed by atoms with Crippen molar-refractivity contribution in [3.8, 4) is 11.4 Å². The summed E-state index contributed by atoms with van der Waals surface area (Å²) in [6.07, 6.45) is 1.80. The molecule has 84 valence electrons. The topological polar surface area (TPSA) is 43.1 Å². The molecule has 0 fully saturated rings. The molecule has 1 aromatic carbocycles. The summed E-state index contributed by atoms with van der Waals surface area (Å²) in [5.74, 6) is 0.743. The molecule has 0 bridgehead atoms. The maximum Gasteiger partial charge on any atom is 0.186 e. The Kier molecular flexibility index (Phi) is 2.40. The Morgan fingerprint density at radius 1 is 1.18 bits per heavy atom. The number of halogens is 1. The lowest BCUT2D eigenvalue weighted by Crippen LogP contribution is -1.95. The van der Waals surface area contributed by atoms with Gasteiger partial charge in [-0.25, -0.2) is 0 Å². The minimum absolute atomic E-state index is 0.743. The molecule has 4 nitrogen and oxygen atoms in total. The van der Waals surface area contributed by atoms with Crippen LogP contribution >= 0.6 is 15.9 Å². The van der Waals surface area contributed by atoms with E-state index in [2.05, 4.69) is 31.2 Å². The number of aromatic nitrogens is 4. The van der Waals surface area contributed by atoms with Crippen LogP contribution in [0.1, 0.15) is 5.56 Å². The molecule has 0 unspecified atom stereocenters. The van der Waals surface area contributed by atoms with E-state index in [0.29, 0.717) is 0 Å². The van der Waals surface area contributed by atoms with Crippen molar-refractivity contribution in [3.05, 3.63) is 46.6 Å². The molecule has 0 amide bonds. The van der Waals surface area contributed by atoms with Gasteiger partial charge < -0.3 is 0 Å². The average Bonchev–Trinajstić information content (AvgIpc) is 2.72. The number of benzene rings is 1. The number of hydrogen-bond donors (Lipinski definition) is 0. The Labute approximate surface area is 106 Å². The van der Waals surface area contributed by atoms with Gasteiger partial charge in [-0.3, -0.25) is 0 Å². The highest BCUT2D eigenvalue weighted by Gasteiger charge is 2.11. The van der Waals surface area contributed by atoms with E-state index in [4.69, 9.17) is 0 Å². The summed E-state index contributed by atoms with van der Waals surface area (Å²) in [7, 11) is 0. The fourth-order valence-corrected chi connectivity index (χ4v) is 2.16. The van der Waals surface area contributed by atoms with Crippen LogP contribution in [0.5, 0.6) is 0 Å². The lowest BCUT2D eigenvalue weighted by Gasteiger charge is -2.01. The van der Waals surface area contributed by atoms with E-state index >= 15 is 0 Å². The Morgan fingerprint density at radius 3 is 2.82 bits per heavy atom. The second-order valence-corrected chi connectivity index (χ2v) is 4.66. The first-order valence-corrected chi connectivity index (χ1v) is 5.98. The third-order valence-corrected chi connectivity index (χ3v) is 3.20. The summed E-state index contributed by atoms with van der Waals surface area (Å²) in [5, 5.41) is 12.6. The standard InChI is InChI=1S/C12H9BrN4/c1-8-6-11-15-16-12(17(11)14-7-8)9-4-2-3-5-10(9)13/h2-7H,1H3. The lowest BCUT2D eigenvalue weighted by atomic mass is 10.2. The Morgan fingerprint density at radius 2 is 2.00 bits per heavy atom. The van der Waals surface area contributed by atoms with Crippen LogP contribution in [0.15, 0.2) is 41.0 Å². The van der Waals surface area contributed by atoms with Crippen molar-refractivity contribution in [2.24, 2.45) is 0 Å². The largest absolute Gasteiger partial charge is 0.193 e. The van der Waals surface area contributed by atoms with Gasteiger partial charge in [0.05, 0.1) is 6.20 Å². The van der Waals surface area contributed by atoms with Gasteiger partial charge in [-0.1, -0.05) is 28.1 Å². The second kappa shape index (κ2) is 3.92.